The summed E-state index contributed by atoms with van der Waals surface area (Å²) in [4.78, 5) is 0. The Kier molecular flexibility index (Phi) is 12.5. The van der Waals surface area contributed by atoms with Gasteiger partial charge in [-0.25, -0.2) is 4.68 Å². The van der Waals surface area contributed by atoms with Crippen LogP contribution < -0.4 is 0 Å². The van der Waals surface area contributed by atoms with E-state index in [-0.39, 0.29) is 6.10 Å². The Morgan fingerprint density at radius 3 is 2.36 bits per heavy atom. The van der Waals surface area contributed by atoms with Crippen molar-refractivity contribution in [2.45, 2.75) is 72.4 Å². The Bertz CT molecular complexity index is 422. The molecule has 0 saturated carbocycles. The molecule has 0 aromatic carbocycles. The van der Waals surface area contributed by atoms with Gasteiger partial charge in [0, 0.05) is 6.20 Å². The van der Waals surface area contributed by atoms with E-state index in [4.69, 9.17) is 14.2 Å². The average Bonchev–Trinajstić information content (AvgIpc) is 3.00. The van der Waals surface area contributed by atoms with E-state index in [1.807, 2.05) is 24.7 Å². The van der Waals surface area contributed by atoms with Gasteiger partial charge in [-0.2, -0.15) is 0 Å². The van der Waals surface area contributed by atoms with Gasteiger partial charge in [-0.3, -0.25) is 0 Å². The average molecular weight is 356 g/mol. The Hall–Kier alpha value is -0.980. The van der Waals surface area contributed by atoms with Gasteiger partial charge in [-0.15, -0.1) is 5.10 Å². The molecule has 0 aliphatic carbocycles. The molecule has 0 N–H and O–H groups in total. The highest BCUT2D eigenvalue weighted by atomic mass is 16.5. The fourth-order valence-corrected chi connectivity index (χ4v) is 2.42. The Balaban J connectivity index is 1.95. The monoisotopic (exact) mass is 355 g/mol. The molecule has 0 unspecified atom stereocenters. The van der Waals surface area contributed by atoms with Crippen molar-refractivity contribution < 1.29 is 14.2 Å². The van der Waals surface area contributed by atoms with E-state index in [9.17, 15) is 0 Å². The zero-order valence-corrected chi connectivity index (χ0v) is 16.6. The lowest BCUT2D eigenvalue weighted by atomic mass is 10.0. The van der Waals surface area contributed by atoms with Gasteiger partial charge in [-0.1, -0.05) is 38.3 Å². The first-order valence-electron chi connectivity index (χ1n) is 9.74. The van der Waals surface area contributed by atoms with E-state index in [0.29, 0.717) is 33.0 Å². The first kappa shape index (κ1) is 22.1. The first-order valence-corrected chi connectivity index (χ1v) is 9.74. The summed E-state index contributed by atoms with van der Waals surface area (Å²) >= 11 is 0. The van der Waals surface area contributed by atoms with Crippen molar-refractivity contribution in [3.8, 4) is 0 Å². The summed E-state index contributed by atoms with van der Waals surface area (Å²) in [6.45, 7) is 12.4. The molecule has 0 aliphatic heterocycles. The zero-order chi connectivity index (χ0) is 18.3. The molecule has 0 bridgehead atoms. The highest BCUT2D eigenvalue weighted by Gasteiger charge is 2.02. The summed E-state index contributed by atoms with van der Waals surface area (Å²) in [7, 11) is 0. The third kappa shape index (κ3) is 13.0. The smallest absolute Gasteiger partial charge is 0.0827 e. The molecular formula is C19H37N3O3. The minimum absolute atomic E-state index is 0.257. The van der Waals surface area contributed by atoms with Crippen LogP contribution in [0.3, 0.4) is 0 Å². The fraction of sp³-hybridized carbons (Fsp3) is 0.895. The van der Waals surface area contributed by atoms with Crippen LogP contribution in [0.1, 0.15) is 59.1 Å². The lowest BCUT2D eigenvalue weighted by Crippen LogP contribution is -2.13. The molecule has 6 nitrogen and oxygen atoms in total. The molecule has 1 rings (SSSR count). The van der Waals surface area contributed by atoms with Crippen molar-refractivity contribution in [2.75, 3.05) is 33.0 Å². The molecule has 0 atom stereocenters. The molecule has 0 fully saturated rings. The maximum Gasteiger partial charge on any atom is 0.0827 e. The Morgan fingerprint density at radius 1 is 0.920 bits per heavy atom. The molecule has 25 heavy (non-hydrogen) atoms. The SMILES string of the molecule is CC(C)CCCCCc1cn(CCOCCOCCOC(C)C)nn1. The van der Waals surface area contributed by atoms with Crippen molar-refractivity contribution in [3.63, 3.8) is 0 Å². The highest BCUT2D eigenvalue weighted by molar-refractivity contribution is 4.92. The summed E-state index contributed by atoms with van der Waals surface area (Å²) in [6, 6.07) is 0. The number of rotatable bonds is 16. The van der Waals surface area contributed by atoms with E-state index in [1.54, 1.807) is 0 Å². The Morgan fingerprint density at radius 2 is 1.64 bits per heavy atom. The summed E-state index contributed by atoms with van der Waals surface area (Å²) in [5, 5.41) is 8.39. The lowest BCUT2D eigenvalue weighted by Gasteiger charge is -2.08. The normalized spacial score (nSPS) is 11.8. The van der Waals surface area contributed by atoms with Gasteiger partial charge in [0.25, 0.3) is 0 Å². The van der Waals surface area contributed by atoms with Crippen LogP contribution in [-0.4, -0.2) is 54.1 Å². The molecular weight excluding hydrogens is 318 g/mol. The molecule has 0 saturated heterocycles. The standard InChI is InChI=1S/C19H37N3O3/c1-17(2)8-6-5-7-9-19-16-22(21-20-19)10-11-23-12-13-24-14-15-25-18(3)4/h16-18H,5-15H2,1-4H3. The topological polar surface area (TPSA) is 58.4 Å². The van der Waals surface area contributed by atoms with Crippen LogP contribution in [0.5, 0.6) is 0 Å². The van der Waals surface area contributed by atoms with Crippen LogP contribution >= 0.6 is 0 Å². The maximum atomic E-state index is 5.56. The van der Waals surface area contributed by atoms with Crippen LogP contribution in [0.4, 0.5) is 0 Å². The molecule has 0 aliphatic rings. The minimum atomic E-state index is 0.257. The number of aryl methyl sites for hydroxylation is 1. The van der Waals surface area contributed by atoms with Crippen LogP contribution in [0, 0.1) is 5.92 Å². The zero-order valence-electron chi connectivity index (χ0n) is 16.6. The predicted octanol–water partition coefficient (Wildman–Crippen LogP) is 3.50. The second-order valence-electron chi connectivity index (χ2n) is 7.11. The van der Waals surface area contributed by atoms with E-state index < -0.39 is 0 Å². The minimum Gasteiger partial charge on any atom is -0.377 e. The lowest BCUT2D eigenvalue weighted by molar-refractivity contribution is -0.00258. The summed E-state index contributed by atoms with van der Waals surface area (Å²) in [6.07, 6.45) is 8.41. The fourth-order valence-electron chi connectivity index (χ4n) is 2.42. The molecule has 1 aromatic rings. The maximum absolute atomic E-state index is 5.56. The summed E-state index contributed by atoms with van der Waals surface area (Å²) in [5.41, 5.74) is 1.08. The number of nitrogens with zero attached hydrogens (tertiary/aromatic N) is 3. The number of hydrogen-bond acceptors (Lipinski definition) is 5. The van der Waals surface area contributed by atoms with Gasteiger partial charge in [0.1, 0.15) is 0 Å². The van der Waals surface area contributed by atoms with E-state index in [0.717, 1.165) is 24.6 Å². The van der Waals surface area contributed by atoms with Crippen LogP contribution in [0.25, 0.3) is 0 Å². The largest absolute Gasteiger partial charge is 0.377 e. The van der Waals surface area contributed by atoms with E-state index >= 15 is 0 Å². The first-order chi connectivity index (χ1) is 12.1. The second-order valence-corrected chi connectivity index (χ2v) is 7.11. The van der Waals surface area contributed by atoms with Gasteiger partial charge < -0.3 is 14.2 Å². The van der Waals surface area contributed by atoms with Crippen LogP contribution in [-0.2, 0) is 27.2 Å². The number of aromatic nitrogens is 3. The van der Waals surface area contributed by atoms with Crippen LogP contribution in [0.2, 0.25) is 0 Å². The third-order valence-electron chi connectivity index (χ3n) is 3.82. The molecule has 1 heterocycles. The van der Waals surface area contributed by atoms with Gasteiger partial charge in [0.2, 0.25) is 0 Å². The number of ether oxygens (including phenoxy) is 3. The van der Waals surface area contributed by atoms with Crippen molar-refractivity contribution in [3.05, 3.63) is 11.9 Å². The quantitative estimate of drug-likeness (QED) is 0.425. The molecule has 0 spiro atoms. The predicted molar refractivity (Wildman–Crippen MR) is 99.8 cm³/mol. The summed E-state index contributed by atoms with van der Waals surface area (Å²) < 4.78 is 18.2. The third-order valence-corrected chi connectivity index (χ3v) is 3.82. The number of unbranched alkanes of at least 4 members (excludes halogenated alkanes) is 2. The van der Waals surface area contributed by atoms with Crippen molar-refractivity contribution >= 4 is 0 Å². The molecule has 6 heteroatoms. The van der Waals surface area contributed by atoms with E-state index in [2.05, 4.69) is 24.2 Å². The molecule has 0 radical (unpaired) electrons. The Labute approximate surface area is 153 Å². The molecule has 1 aromatic heterocycles. The summed E-state index contributed by atoms with van der Waals surface area (Å²) in [5.74, 6) is 0.805. The second kappa shape index (κ2) is 14.2. The van der Waals surface area contributed by atoms with Gasteiger partial charge >= 0.3 is 0 Å². The number of hydrogen-bond donors (Lipinski definition) is 0. The molecule has 0 amide bonds. The van der Waals surface area contributed by atoms with Crippen LogP contribution in [0.15, 0.2) is 6.20 Å². The van der Waals surface area contributed by atoms with E-state index in [1.165, 1.54) is 25.7 Å². The molecule has 146 valence electrons. The van der Waals surface area contributed by atoms with Gasteiger partial charge in [-0.05, 0) is 32.6 Å². The highest BCUT2D eigenvalue weighted by Crippen LogP contribution is 2.10. The van der Waals surface area contributed by atoms with Gasteiger partial charge in [0.05, 0.1) is 51.4 Å². The van der Waals surface area contributed by atoms with Gasteiger partial charge in [0.15, 0.2) is 0 Å². The van der Waals surface area contributed by atoms with Crippen molar-refractivity contribution in [2.24, 2.45) is 5.92 Å². The van der Waals surface area contributed by atoms with Crippen molar-refractivity contribution in [1.29, 1.82) is 0 Å². The van der Waals surface area contributed by atoms with Crippen molar-refractivity contribution in [1.82, 2.24) is 15.0 Å².